The third kappa shape index (κ3) is 3.31. The van der Waals surface area contributed by atoms with Gasteiger partial charge in [-0.25, -0.2) is 15.0 Å². The lowest BCUT2D eigenvalue weighted by molar-refractivity contribution is -0.133. The van der Waals surface area contributed by atoms with E-state index in [1.807, 2.05) is 35.7 Å². The molecule has 1 aliphatic heterocycles. The highest BCUT2D eigenvalue weighted by Crippen LogP contribution is 2.31. The Bertz CT molecular complexity index is 728. The topological polar surface area (TPSA) is 73.1 Å². The smallest absolute Gasteiger partial charge is 0.225 e. The molecular formula is C17H23N5O2. The summed E-state index contributed by atoms with van der Waals surface area (Å²) < 4.78 is 6.96. The first-order valence-corrected chi connectivity index (χ1v) is 8.22. The summed E-state index contributed by atoms with van der Waals surface area (Å²) in [6, 6.07) is 1.87. The number of hydrogen-bond acceptors (Lipinski definition) is 5. The molecule has 128 valence electrons. The first-order chi connectivity index (χ1) is 11.6. The minimum absolute atomic E-state index is 0.0618. The fraction of sp³-hybridized carbons (Fsp3) is 0.529. The minimum Gasteiger partial charge on any atom is -0.384 e. The largest absolute Gasteiger partial charge is 0.384 e. The lowest BCUT2D eigenvalue weighted by atomic mass is 10.2. The van der Waals surface area contributed by atoms with Crippen LogP contribution in [0.1, 0.15) is 36.8 Å². The van der Waals surface area contributed by atoms with Crippen LogP contribution in [0.15, 0.2) is 18.5 Å². The number of imidazole rings is 1. The van der Waals surface area contributed by atoms with Crippen LogP contribution < -0.4 is 0 Å². The molecule has 7 nitrogen and oxygen atoms in total. The van der Waals surface area contributed by atoms with Crippen molar-refractivity contribution in [1.29, 1.82) is 0 Å². The van der Waals surface area contributed by atoms with E-state index in [2.05, 4.69) is 9.97 Å². The van der Waals surface area contributed by atoms with Crippen molar-refractivity contribution in [3.63, 3.8) is 0 Å². The number of ether oxygens (including phenoxy) is 1. The summed E-state index contributed by atoms with van der Waals surface area (Å²) in [7, 11) is 3.55. The molecule has 24 heavy (non-hydrogen) atoms. The zero-order chi connectivity index (χ0) is 17.1. The number of carbonyl (C=O) groups is 1. The summed E-state index contributed by atoms with van der Waals surface area (Å²) in [5.41, 5.74) is 1.68. The van der Waals surface area contributed by atoms with Gasteiger partial charge < -0.3 is 14.2 Å². The highest BCUT2D eigenvalue weighted by atomic mass is 16.5. The van der Waals surface area contributed by atoms with Crippen LogP contribution in [0.25, 0.3) is 11.5 Å². The lowest BCUT2D eigenvalue weighted by Gasteiger charge is -2.24. The molecule has 2 aromatic heterocycles. The Labute approximate surface area is 141 Å². The summed E-state index contributed by atoms with van der Waals surface area (Å²) in [5.74, 6) is 1.61. The molecule has 1 amide bonds. The molecule has 1 aliphatic rings. The molecule has 0 saturated carbocycles. The Kier molecular flexibility index (Phi) is 4.89. The number of aryl methyl sites for hydroxylation is 2. The number of rotatable bonds is 5. The van der Waals surface area contributed by atoms with Crippen molar-refractivity contribution >= 4 is 5.91 Å². The molecule has 1 saturated heterocycles. The maximum atomic E-state index is 12.4. The van der Waals surface area contributed by atoms with Crippen LogP contribution >= 0.6 is 0 Å². The maximum absolute atomic E-state index is 12.4. The Morgan fingerprint density at radius 3 is 2.96 bits per heavy atom. The second-order valence-electron chi connectivity index (χ2n) is 6.10. The summed E-state index contributed by atoms with van der Waals surface area (Å²) in [5, 5.41) is 0. The van der Waals surface area contributed by atoms with E-state index in [9.17, 15) is 4.79 Å². The van der Waals surface area contributed by atoms with Gasteiger partial charge in [0.25, 0.3) is 0 Å². The fourth-order valence-corrected chi connectivity index (χ4v) is 3.13. The fourth-order valence-electron chi connectivity index (χ4n) is 3.13. The van der Waals surface area contributed by atoms with Crippen LogP contribution in [0.3, 0.4) is 0 Å². The van der Waals surface area contributed by atoms with Gasteiger partial charge in [-0.15, -0.1) is 0 Å². The van der Waals surface area contributed by atoms with Gasteiger partial charge in [-0.2, -0.15) is 0 Å². The molecule has 1 fully saturated rings. The Balaban J connectivity index is 1.89. The Morgan fingerprint density at radius 2 is 2.25 bits per heavy atom. The number of nitrogens with zero attached hydrogens (tertiary/aromatic N) is 5. The average molecular weight is 329 g/mol. The number of methoxy groups -OCH3 is 1. The van der Waals surface area contributed by atoms with E-state index in [1.165, 1.54) is 0 Å². The van der Waals surface area contributed by atoms with Gasteiger partial charge in [0.2, 0.25) is 5.91 Å². The number of hydrogen-bond donors (Lipinski definition) is 0. The number of likely N-dealkylation sites (tertiary alicyclic amines) is 1. The third-order valence-corrected chi connectivity index (χ3v) is 4.31. The quantitative estimate of drug-likeness (QED) is 0.837. The van der Waals surface area contributed by atoms with Crippen molar-refractivity contribution in [2.45, 2.75) is 32.2 Å². The number of amides is 1. The van der Waals surface area contributed by atoms with Crippen molar-refractivity contribution < 1.29 is 9.53 Å². The predicted molar refractivity (Wildman–Crippen MR) is 89.2 cm³/mol. The van der Waals surface area contributed by atoms with Crippen molar-refractivity contribution in [2.24, 2.45) is 7.05 Å². The first kappa shape index (κ1) is 16.6. The van der Waals surface area contributed by atoms with Gasteiger partial charge in [-0.05, 0) is 25.8 Å². The second-order valence-corrected chi connectivity index (χ2v) is 6.10. The first-order valence-electron chi connectivity index (χ1n) is 8.22. The third-order valence-electron chi connectivity index (χ3n) is 4.31. The van der Waals surface area contributed by atoms with Crippen molar-refractivity contribution in [3.8, 4) is 11.5 Å². The van der Waals surface area contributed by atoms with Crippen LogP contribution in [0.5, 0.6) is 0 Å². The summed E-state index contributed by atoms with van der Waals surface area (Å²) >= 11 is 0. The minimum atomic E-state index is -0.0618. The van der Waals surface area contributed by atoms with Crippen LogP contribution in [-0.2, 0) is 16.6 Å². The van der Waals surface area contributed by atoms with E-state index < -0.39 is 0 Å². The normalized spacial score (nSPS) is 17.5. The zero-order valence-electron chi connectivity index (χ0n) is 14.4. The average Bonchev–Trinajstić information content (AvgIpc) is 3.20. The van der Waals surface area contributed by atoms with E-state index >= 15 is 0 Å². The van der Waals surface area contributed by atoms with Crippen molar-refractivity contribution in [2.75, 3.05) is 20.3 Å². The van der Waals surface area contributed by atoms with Gasteiger partial charge in [-0.1, -0.05) is 0 Å². The standard InChI is InChI=1S/C17H23N5O2/c1-12-11-13(17-18-7-9-21(17)2)20-16(19-12)14-5-4-8-22(14)15(23)6-10-24-3/h7,9,11,14H,4-6,8,10H2,1-3H3/t14-/m1/s1. The Morgan fingerprint density at radius 1 is 1.42 bits per heavy atom. The highest BCUT2D eigenvalue weighted by Gasteiger charge is 2.32. The zero-order valence-corrected chi connectivity index (χ0v) is 14.4. The predicted octanol–water partition coefficient (Wildman–Crippen LogP) is 1.89. The molecule has 3 heterocycles. The van der Waals surface area contributed by atoms with Crippen LogP contribution in [0.4, 0.5) is 0 Å². The van der Waals surface area contributed by atoms with Crippen molar-refractivity contribution in [1.82, 2.24) is 24.4 Å². The molecular weight excluding hydrogens is 306 g/mol. The van der Waals surface area contributed by atoms with Gasteiger partial charge in [0.1, 0.15) is 5.69 Å². The SMILES string of the molecule is COCCC(=O)N1CCC[C@@H]1c1nc(C)cc(-c2nccn2C)n1. The molecule has 0 bridgehead atoms. The van der Waals surface area contributed by atoms with Crippen LogP contribution in [0, 0.1) is 6.92 Å². The van der Waals surface area contributed by atoms with Crippen molar-refractivity contribution in [3.05, 3.63) is 30.0 Å². The molecule has 0 spiro atoms. The van der Waals surface area contributed by atoms with Gasteiger partial charge >= 0.3 is 0 Å². The molecule has 0 aliphatic carbocycles. The molecule has 0 N–H and O–H groups in total. The summed E-state index contributed by atoms with van der Waals surface area (Å²) in [6.45, 7) is 3.14. The van der Waals surface area contributed by atoms with E-state index in [-0.39, 0.29) is 11.9 Å². The number of carbonyl (C=O) groups excluding carboxylic acids is 1. The molecule has 0 radical (unpaired) electrons. The highest BCUT2D eigenvalue weighted by molar-refractivity contribution is 5.77. The molecule has 1 atom stereocenters. The molecule has 0 unspecified atom stereocenters. The Hall–Kier alpha value is -2.28. The van der Waals surface area contributed by atoms with E-state index in [4.69, 9.17) is 9.72 Å². The van der Waals surface area contributed by atoms with Gasteiger partial charge in [0, 0.05) is 38.8 Å². The van der Waals surface area contributed by atoms with E-state index in [1.54, 1.807) is 13.3 Å². The summed E-state index contributed by atoms with van der Waals surface area (Å²) in [4.78, 5) is 28.0. The van der Waals surface area contributed by atoms with Gasteiger partial charge in [0.05, 0.1) is 19.1 Å². The second kappa shape index (κ2) is 7.09. The number of aromatic nitrogens is 4. The molecule has 0 aromatic carbocycles. The van der Waals surface area contributed by atoms with E-state index in [0.717, 1.165) is 36.6 Å². The van der Waals surface area contributed by atoms with Crippen LogP contribution in [0.2, 0.25) is 0 Å². The van der Waals surface area contributed by atoms with Gasteiger partial charge in [-0.3, -0.25) is 4.79 Å². The monoisotopic (exact) mass is 329 g/mol. The lowest BCUT2D eigenvalue weighted by Crippen LogP contribution is -2.32. The van der Waals surface area contributed by atoms with E-state index in [0.29, 0.717) is 18.9 Å². The summed E-state index contributed by atoms with van der Waals surface area (Å²) in [6.07, 6.45) is 5.90. The molecule has 2 aromatic rings. The maximum Gasteiger partial charge on any atom is 0.225 e. The van der Waals surface area contributed by atoms with Gasteiger partial charge in [0.15, 0.2) is 11.6 Å². The molecule has 3 rings (SSSR count). The molecule has 7 heteroatoms. The van der Waals surface area contributed by atoms with Crippen LogP contribution in [-0.4, -0.2) is 50.6 Å².